The Morgan fingerprint density at radius 3 is 2.81 bits per heavy atom. The minimum Gasteiger partial charge on any atom is -0.346 e. The zero-order chi connectivity index (χ0) is 14.1. The molecule has 0 aliphatic rings. The monoisotopic (exact) mass is 271 g/mol. The van der Waals surface area contributed by atoms with Gasteiger partial charge in [0.05, 0.1) is 0 Å². The predicted octanol–water partition coefficient (Wildman–Crippen LogP) is 4.28. The molecule has 3 nitrogen and oxygen atoms in total. The number of benzene rings is 1. The van der Waals surface area contributed by atoms with Gasteiger partial charge in [-0.25, -0.2) is 4.98 Å². The molecule has 0 unspecified atom stereocenters. The van der Waals surface area contributed by atoms with Gasteiger partial charge in [0.15, 0.2) is 0 Å². The SMILES string of the molecule is C(=C\c1c[nH]c2ncccc12)/c1cccc2cnccc12. The molecule has 3 heteroatoms. The van der Waals surface area contributed by atoms with Gasteiger partial charge in [0, 0.05) is 41.1 Å². The maximum Gasteiger partial charge on any atom is 0.137 e. The van der Waals surface area contributed by atoms with Gasteiger partial charge in [-0.2, -0.15) is 0 Å². The van der Waals surface area contributed by atoms with Gasteiger partial charge in [0.1, 0.15) is 5.65 Å². The average Bonchev–Trinajstić information content (AvgIpc) is 2.96. The molecule has 1 N–H and O–H groups in total. The summed E-state index contributed by atoms with van der Waals surface area (Å²) in [6.45, 7) is 0. The maximum atomic E-state index is 4.31. The number of aromatic nitrogens is 3. The molecule has 1 aromatic carbocycles. The standard InChI is InChI=1S/C18H13N3/c1-3-13(16-8-10-19-11-14(16)4-1)6-7-15-12-21-18-17(15)5-2-9-20-18/h1-12H,(H,20,21)/b7-6+. The Hall–Kier alpha value is -2.94. The first kappa shape index (κ1) is 11.9. The fourth-order valence-electron chi connectivity index (χ4n) is 2.59. The molecule has 0 radical (unpaired) electrons. The number of fused-ring (bicyclic) bond motifs is 2. The van der Waals surface area contributed by atoms with E-state index in [0.717, 1.165) is 22.0 Å². The summed E-state index contributed by atoms with van der Waals surface area (Å²) in [6.07, 6.45) is 11.8. The van der Waals surface area contributed by atoms with E-state index in [-0.39, 0.29) is 0 Å². The molecule has 4 rings (SSSR count). The zero-order valence-electron chi connectivity index (χ0n) is 11.3. The van der Waals surface area contributed by atoms with Crippen molar-refractivity contribution in [1.29, 1.82) is 0 Å². The van der Waals surface area contributed by atoms with Crippen molar-refractivity contribution in [1.82, 2.24) is 15.0 Å². The van der Waals surface area contributed by atoms with E-state index >= 15 is 0 Å². The van der Waals surface area contributed by atoms with Crippen LogP contribution in [0.15, 0.2) is 61.2 Å². The molecule has 0 bridgehead atoms. The van der Waals surface area contributed by atoms with Gasteiger partial charge < -0.3 is 4.98 Å². The predicted molar refractivity (Wildman–Crippen MR) is 86.8 cm³/mol. The van der Waals surface area contributed by atoms with Crippen LogP contribution in [-0.4, -0.2) is 15.0 Å². The third kappa shape index (κ3) is 2.09. The van der Waals surface area contributed by atoms with Crippen LogP contribution in [0.4, 0.5) is 0 Å². The third-order valence-electron chi connectivity index (χ3n) is 3.64. The highest BCUT2D eigenvalue weighted by Crippen LogP contribution is 2.22. The van der Waals surface area contributed by atoms with E-state index in [4.69, 9.17) is 0 Å². The van der Waals surface area contributed by atoms with E-state index in [1.807, 2.05) is 30.7 Å². The van der Waals surface area contributed by atoms with Crippen molar-refractivity contribution in [3.8, 4) is 0 Å². The van der Waals surface area contributed by atoms with E-state index in [1.165, 1.54) is 10.9 Å². The van der Waals surface area contributed by atoms with Crippen LogP contribution >= 0.6 is 0 Å². The second-order valence-corrected chi connectivity index (χ2v) is 4.92. The largest absolute Gasteiger partial charge is 0.346 e. The quantitative estimate of drug-likeness (QED) is 0.591. The normalized spacial score (nSPS) is 11.6. The summed E-state index contributed by atoms with van der Waals surface area (Å²) in [7, 11) is 0. The summed E-state index contributed by atoms with van der Waals surface area (Å²) >= 11 is 0. The van der Waals surface area contributed by atoms with Gasteiger partial charge in [-0.05, 0) is 29.1 Å². The molecule has 3 aromatic heterocycles. The zero-order valence-corrected chi connectivity index (χ0v) is 11.3. The van der Waals surface area contributed by atoms with E-state index in [2.05, 4.69) is 51.4 Å². The van der Waals surface area contributed by atoms with Crippen molar-refractivity contribution in [2.45, 2.75) is 0 Å². The molecule has 0 aliphatic carbocycles. The van der Waals surface area contributed by atoms with Gasteiger partial charge in [0.2, 0.25) is 0 Å². The van der Waals surface area contributed by atoms with E-state index in [9.17, 15) is 0 Å². The first-order chi connectivity index (χ1) is 10.4. The second-order valence-electron chi connectivity index (χ2n) is 4.92. The molecule has 4 aromatic rings. The van der Waals surface area contributed by atoms with E-state index in [0.29, 0.717) is 0 Å². The Balaban J connectivity index is 1.81. The lowest BCUT2D eigenvalue weighted by molar-refractivity contribution is 1.33. The Morgan fingerprint density at radius 1 is 0.857 bits per heavy atom. The fraction of sp³-hybridized carbons (Fsp3) is 0. The first-order valence-electron chi connectivity index (χ1n) is 6.85. The van der Waals surface area contributed by atoms with Crippen molar-refractivity contribution < 1.29 is 0 Å². The molecule has 0 spiro atoms. The Morgan fingerprint density at radius 2 is 1.81 bits per heavy atom. The summed E-state index contributed by atoms with van der Waals surface area (Å²) in [5.41, 5.74) is 3.25. The van der Waals surface area contributed by atoms with Crippen LogP contribution in [0.5, 0.6) is 0 Å². The van der Waals surface area contributed by atoms with Crippen LogP contribution in [0, 0.1) is 0 Å². The number of nitrogens with one attached hydrogen (secondary N) is 1. The molecule has 0 fully saturated rings. The van der Waals surface area contributed by atoms with Gasteiger partial charge in [-0.15, -0.1) is 0 Å². The summed E-state index contributed by atoms with van der Waals surface area (Å²) in [5, 5.41) is 3.50. The van der Waals surface area contributed by atoms with Crippen molar-refractivity contribution in [3.63, 3.8) is 0 Å². The van der Waals surface area contributed by atoms with Crippen molar-refractivity contribution >= 4 is 34.0 Å². The van der Waals surface area contributed by atoms with Crippen LogP contribution in [0.25, 0.3) is 34.0 Å². The number of nitrogens with zero attached hydrogens (tertiary/aromatic N) is 2. The number of rotatable bonds is 2. The lowest BCUT2D eigenvalue weighted by Crippen LogP contribution is -1.79. The third-order valence-corrected chi connectivity index (χ3v) is 3.64. The van der Waals surface area contributed by atoms with E-state index < -0.39 is 0 Å². The highest BCUT2D eigenvalue weighted by atomic mass is 14.8. The number of pyridine rings is 2. The number of aromatic amines is 1. The average molecular weight is 271 g/mol. The number of hydrogen-bond donors (Lipinski definition) is 1. The van der Waals surface area contributed by atoms with Crippen LogP contribution in [0.3, 0.4) is 0 Å². The molecule has 0 atom stereocenters. The molecule has 0 saturated carbocycles. The van der Waals surface area contributed by atoms with Crippen molar-refractivity contribution in [2.75, 3.05) is 0 Å². The minimum atomic E-state index is 0.916. The Labute approximate surface area is 122 Å². The highest BCUT2D eigenvalue weighted by molar-refractivity contribution is 5.95. The van der Waals surface area contributed by atoms with Gasteiger partial charge in [-0.3, -0.25) is 4.98 Å². The minimum absolute atomic E-state index is 0.916. The molecule has 3 heterocycles. The Kier molecular flexibility index (Phi) is 2.75. The smallest absolute Gasteiger partial charge is 0.137 e. The van der Waals surface area contributed by atoms with Crippen molar-refractivity contribution in [2.24, 2.45) is 0 Å². The topological polar surface area (TPSA) is 41.6 Å². The van der Waals surface area contributed by atoms with Gasteiger partial charge >= 0.3 is 0 Å². The fourth-order valence-corrected chi connectivity index (χ4v) is 2.59. The molecular formula is C18H13N3. The molecule has 0 saturated heterocycles. The van der Waals surface area contributed by atoms with Gasteiger partial charge in [-0.1, -0.05) is 30.4 Å². The molecule has 0 aliphatic heterocycles. The van der Waals surface area contributed by atoms with Crippen LogP contribution < -0.4 is 0 Å². The summed E-state index contributed by atoms with van der Waals surface area (Å²) in [6, 6.07) is 12.3. The molecular weight excluding hydrogens is 258 g/mol. The molecule has 0 amide bonds. The first-order valence-corrected chi connectivity index (χ1v) is 6.85. The van der Waals surface area contributed by atoms with Crippen LogP contribution in [-0.2, 0) is 0 Å². The van der Waals surface area contributed by atoms with Crippen molar-refractivity contribution in [3.05, 3.63) is 72.3 Å². The maximum absolute atomic E-state index is 4.31. The van der Waals surface area contributed by atoms with Crippen LogP contribution in [0.2, 0.25) is 0 Å². The van der Waals surface area contributed by atoms with Crippen LogP contribution in [0.1, 0.15) is 11.1 Å². The lowest BCUT2D eigenvalue weighted by Gasteiger charge is -2.00. The summed E-state index contributed by atoms with van der Waals surface area (Å²) < 4.78 is 0. The number of hydrogen-bond acceptors (Lipinski definition) is 2. The van der Waals surface area contributed by atoms with Gasteiger partial charge in [0.25, 0.3) is 0 Å². The summed E-state index contributed by atoms with van der Waals surface area (Å²) in [4.78, 5) is 11.7. The molecule has 100 valence electrons. The second kappa shape index (κ2) is 4.87. The Bertz CT molecular complexity index is 945. The van der Waals surface area contributed by atoms with E-state index in [1.54, 1.807) is 6.20 Å². The highest BCUT2D eigenvalue weighted by Gasteiger charge is 2.01. The lowest BCUT2D eigenvalue weighted by atomic mass is 10.1. The summed E-state index contributed by atoms with van der Waals surface area (Å²) in [5.74, 6) is 0. The number of H-pyrrole nitrogens is 1. The molecule has 21 heavy (non-hydrogen) atoms.